The van der Waals surface area contributed by atoms with Gasteiger partial charge in [-0.3, -0.25) is 4.90 Å². The highest BCUT2D eigenvalue weighted by Gasteiger charge is 2.12. The Kier molecular flexibility index (Phi) is 4.25. The number of hydrogen-bond donors (Lipinski definition) is 1. The van der Waals surface area contributed by atoms with E-state index in [0.29, 0.717) is 5.58 Å². The number of rotatable bonds is 2. The SMILES string of the molecule is O=c1cc(CN2CCCCCCC2)c2ccc(O)cc2o1. The zero-order valence-corrected chi connectivity index (χ0v) is 12.2. The molecule has 1 aromatic carbocycles. The summed E-state index contributed by atoms with van der Waals surface area (Å²) in [6.07, 6.45) is 6.37. The summed E-state index contributed by atoms with van der Waals surface area (Å²) >= 11 is 0. The van der Waals surface area contributed by atoms with Gasteiger partial charge in [0.1, 0.15) is 11.3 Å². The van der Waals surface area contributed by atoms with Crippen molar-refractivity contribution in [2.75, 3.05) is 13.1 Å². The fourth-order valence-electron chi connectivity index (χ4n) is 3.06. The van der Waals surface area contributed by atoms with Gasteiger partial charge in [-0.2, -0.15) is 0 Å². The number of aromatic hydroxyl groups is 1. The van der Waals surface area contributed by atoms with E-state index in [1.807, 2.05) is 6.07 Å². The van der Waals surface area contributed by atoms with Gasteiger partial charge in [-0.05, 0) is 43.6 Å². The maximum atomic E-state index is 11.7. The van der Waals surface area contributed by atoms with Crippen molar-refractivity contribution in [2.45, 2.75) is 38.6 Å². The van der Waals surface area contributed by atoms with Gasteiger partial charge in [0.15, 0.2) is 0 Å². The molecule has 2 heterocycles. The maximum absolute atomic E-state index is 11.7. The van der Waals surface area contributed by atoms with Crippen LogP contribution in [-0.4, -0.2) is 23.1 Å². The number of nitrogens with zero attached hydrogens (tertiary/aromatic N) is 1. The second-order valence-electron chi connectivity index (χ2n) is 5.82. The van der Waals surface area contributed by atoms with Gasteiger partial charge < -0.3 is 9.52 Å². The number of phenolic OH excluding ortho intramolecular Hbond substituents is 1. The number of benzene rings is 1. The van der Waals surface area contributed by atoms with E-state index in [2.05, 4.69) is 4.90 Å². The fourth-order valence-corrected chi connectivity index (χ4v) is 3.06. The molecule has 1 saturated heterocycles. The van der Waals surface area contributed by atoms with E-state index in [-0.39, 0.29) is 11.4 Å². The largest absolute Gasteiger partial charge is 0.508 e. The summed E-state index contributed by atoms with van der Waals surface area (Å²) in [6, 6.07) is 6.55. The van der Waals surface area contributed by atoms with Crippen LogP contribution in [0.2, 0.25) is 0 Å². The molecule has 0 aliphatic carbocycles. The first-order valence-electron chi connectivity index (χ1n) is 7.70. The Morgan fingerprint density at radius 2 is 1.76 bits per heavy atom. The summed E-state index contributed by atoms with van der Waals surface area (Å²) in [6.45, 7) is 2.94. The second kappa shape index (κ2) is 6.31. The van der Waals surface area contributed by atoms with Gasteiger partial charge >= 0.3 is 5.63 Å². The molecule has 0 saturated carbocycles. The van der Waals surface area contributed by atoms with Crippen molar-refractivity contribution in [2.24, 2.45) is 0 Å². The minimum Gasteiger partial charge on any atom is -0.508 e. The van der Waals surface area contributed by atoms with Crippen molar-refractivity contribution in [3.63, 3.8) is 0 Å². The molecule has 0 amide bonds. The summed E-state index contributed by atoms with van der Waals surface area (Å²) in [7, 11) is 0. The van der Waals surface area contributed by atoms with E-state index in [0.717, 1.165) is 30.6 Å². The Balaban J connectivity index is 1.90. The molecule has 21 heavy (non-hydrogen) atoms. The van der Waals surface area contributed by atoms with E-state index >= 15 is 0 Å². The molecule has 0 atom stereocenters. The Hall–Kier alpha value is -1.81. The molecule has 1 aromatic heterocycles. The molecule has 1 fully saturated rings. The van der Waals surface area contributed by atoms with Crippen LogP contribution < -0.4 is 5.63 Å². The van der Waals surface area contributed by atoms with E-state index in [1.54, 1.807) is 12.1 Å². The minimum atomic E-state index is -0.352. The van der Waals surface area contributed by atoms with Gasteiger partial charge in [0.25, 0.3) is 0 Å². The Morgan fingerprint density at radius 3 is 2.52 bits per heavy atom. The van der Waals surface area contributed by atoms with Crippen LogP contribution in [0.3, 0.4) is 0 Å². The fraction of sp³-hybridized carbons (Fsp3) is 0.471. The lowest BCUT2D eigenvalue weighted by atomic mass is 10.1. The molecule has 3 rings (SSSR count). The monoisotopic (exact) mass is 287 g/mol. The number of fused-ring (bicyclic) bond motifs is 1. The van der Waals surface area contributed by atoms with Crippen molar-refractivity contribution in [3.05, 3.63) is 40.2 Å². The minimum absolute atomic E-state index is 0.120. The zero-order valence-electron chi connectivity index (χ0n) is 12.2. The van der Waals surface area contributed by atoms with Gasteiger partial charge in [0, 0.05) is 24.1 Å². The normalized spacial score (nSPS) is 17.5. The van der Waals surface area contributed by atoms with Crippen LogP contribution in [0, 0.1) is 0 Å². The van der Waals surface area contributed by atoms with Crippen LogP contribution in [0.1, 0.15) is 37.7 Å². The van der Waals surface area contributed by atoms with Crippen molar-refractivity contribution in [1.82, 2.24) is 4.90 Å². The van der Waals surface area contributed by atoms with Gasteiger partial charge in [0.2, 0.25) is 0 Å². The van der Waals surface area contributed by atoms with E-state index in [1.165, 1.54) is 38.2 Å². The van der Waals surface area contributed by atoms with Crippen LogP contribution in [0.15, 0.2) is 33.5 Å². The highest BCUT2D eigenvalue weighted by Crippen LogP contribution is 2.23. The molecule has 1 N–H and O–H groups in total. The summed E-state index contributed by atoms with van der Waals surface area (Å²) in [4.78, 5) is 14.1. The molecule has 0 spiro atoms. The highest BCUT2D eigenvalue weighted by atomic mass is 16.4. The summed E-state index contributed by atoms with van der Waals surface area (Å²) in [5.74, 6) is 0.120. The predicted molar refractivity (Wildman–Crippen MR) is 82.5 cm³/mol. The average molecular weight is 287 g/mol. The van der Waals surface area contributed by atoms with Crippen LogP contribution in [-0.2, 0) is 6.54 Å². The van der Waals surface area contributed by atoms with Crippen molar-refractivity contribution >= 4 is 11.0 Å². The van der Waals surface area contributed by atoms with Crippen molar-refractivity contribution in [3.8, 4) is 5.75 Å². The van der Waals surface area contributed by atoms with Crippen LogP contribution in [0.4, 0.5) is 0 Å². The highest BCUT2D eigenvalue weighted by molar-refractivity contribution is 5.81. The van der Waals surface area contributed by atoms with E-state index in [9.17, 15) is 9.90 Å². The molecule has 0 bridgehead atoms. The number of phenols is 1. The topological polar surface area (TPSA) is 53.7 Å². The van der Waals surface area contributed by atoms with Gasteiger partial charge in [-0.1, -0.05) is 19.3 Å². The third kappa shape index (κ3) is 3.45. The number of likely N-dealkylation sites (tertiary alicyclic amines) is 1. The van der Waals surface area contributed by atoms with Gasteiger partial charge in [0.05, 0.1) is 0 Å². The average Bonchev–Trinajstić information content (AvgIpc) is 2.40. The van der Waals surface area contributed by atoms with Gasteiger partial charge in [-0.25, -0.2) is 4.79 Å². The van der Waals surface area contributed by atoms with Crippen LogP contribution >= 0.6 is 0 Å². The van der Waals surface area contributed by atoms with Crippen LogP contribution in [0.25, 0.3) is 11.0 Å². The molecule has 112 valence electrons. The molecular formula is C17H21NO3. The second-order valence-corrected chi connectivity index (χ2v) is 5.82. The molecule has 4 heteroatoms. The summed E-state index contributed by atoms with van der Waals surface area (Å²) < 4.78 is 5.18. The Morgan fingerprint density at radius 1 is 1.05 bits per heavy atom. The molecule has 1 aliphatic rings. The first-order valence-corrected chi connectivity index (χ1v) is 7.70. The lowest BCUT2D eigenvalue weighted by Gasteiger charge is -2.24. The molecule has 0 radical (unpaired) electrons. The van der Waals surface area contributed by atoms with Crippen molar-refractivity contribution < 1.29 is 9.52 Å². The standard InChI is InChI=1S/C17H21NO3/c19-14-6-7-15-13(10-17(20)21-16(15)11-14)12-18-8-4-2-1-3-5-9-18/h6-7,10-11,19H,1-5,8-9,12H2. The molecule has 1 aliphatic heterocycles. The predicted octanol–water partition coefficient (Wildman–Crippen LogP) is 3.26. The summed E-state index contributed by atoms with van der Waals surface area (Å²) in [5, 5.41) is 10.4. The third-order valence-corrected chi connectivity index (χ3v) is 4.16. The maximum Gasteiger partial charge on any atom is 0.336 e. The Bertz CT molecular complexity index is 669. The third-order valence-electron chi connectivity index (χ3n) is 4.16. The Labute approximate surface area is 124 Å². The lowest BCUT2D eigenvalue weighted by molar-refractivity contribution is 0.240. The lowest BCUT2D eigenvalue weighted by Crippen LogP contribution is -2.27. The quantitative estimate of drug-likeness (QED) is 0.861. The molecule has 4 nitrogen and oxygen atoms in total. The molecule has 2 aromatic rings. The first kappa shape index (κ1) is 14.1. The van der Waals surface area contributed by atoms with Crippen LogP contribution in [0.5, 0.6) is 5.75 Å². The molecule has 0 unspecified atom stereocenters. The van der Waals surface area contributed by atoms with E-state index < -0.39 is 0 Å². The zero-order chi connectivity index (χ0) is 14.7. The smallest absolute Gasteiger partial charge is 0.336 e. The number of hydrogen-bond acceptors (Lipinski definition) is 4. The van der Waals surface area contributed by atoms with Crippen molar-refractivity contribution in [1.29, 1.82) is 0 Å². The summed E-state index contributed by atoms with van der Waals surface area (Å²) in [5.41, 5.74) is 1.10. The van der Waals surface area contributed by atoms with E-state index in [4.69, 9.17) is 4.42 Å². The first-order chi connectivity index (χ1) is 10.2. The van der Waals surface area contributed by atoms with Gasteiger partial charge in [-0.15, -0.1) is 0 Å². The molecular weight excluding hydrogens is 266 g/mol.